The van der Waals surface area contributed by atoms with E-state index in [0.29, 0.717) is 30.0 Å². The van der Waals surface area contributed by atoms with Gasteiger partial charge in [-0.05, 0) is 30.3 Å². The maximum atomic E-state index is 13.1. The minimum atomic E-state index is -0.411. The molecule has 4 amide bonds. The van der Waals surface area contributed by atoms with Crippen LogP contribution in [0.1, 0.15) is 10.5 Å². The molecule has 0 atom stereocenters. The Balaban J connectivity index is 1.47. The van der Waals surface area contributed by atoms with Crippen LogP contribution in [-0.4, -0.2) is 63.1 Å². The molecule has 1 aromatic heterocycles. The van der Waals surface area contributed by atoms with Gasteiger partial charge in [-0.1, -0.05) is 0 Å². The van der Waals surface area contributed by atoms with Crippen LogP contribution in [0.4, 0.5) is 9.18 Å². The van der Waals surface area contributed by atoms with Crippen molar-refractivity contribution in [2.45, 2.75) is 6.04 Å². The van der Waals surface area contributed by atoms with Crippen LogP contribution < -0.4 is 5.32 Å². The van der Waals surface area contributed by atoms with Gasteiger partial charge in [0, 0.05) is 25.7 Å². The Hall–Kier alpha value is -3.23. The number of hydrogen-bond acceptors (Lipinski definition) is 4. The van der Waals surface area contributed by atoms with Crippen molar-refractivity contribution in [2.24, 2.45) is 7.05 Å². The summed E-state index contributed by atoms with van der Waals surface area (Å²) >= 11 is 0. The average Bonchev–Trinajstić information content (AvgIpc) is 3.11. The molecule has 26 heavy (non-hydrogen) atoms. The van der Waals surface area contributed by atoms with Gasteiger partial charge >= 0.3 is 6.03 Å². The molecular formula is C17H16FN5O3. The Morgan fingerprint density at radius 2 is 1.92 bits per heavy atom. The second kappa shape index (κ2) is 5.94. The summed E-state index contributed by atoms with van der Waals surface area (Å²) < 4.78 is 14.5. The molecule has 2 aliphatic heterocycles. The number of urea groups is 1. The van der Waals surface area contributed by atoms with Gasteiger partial charge in [0.05, 0.1) is 18.3 Å². The Morgan fingerprint density at radius 1 is 1.23 bits per heavy atom. The van der Waals surface area contributed by atoms with E-state index in [0.717, 1.165) is 0 Å². The lowest BCUT2D eigenvalue weighted by atomic mass is 10.1. The molecule has 0 spiro atoms. The standard InChI is InChI=1S/C17H16FN5O3/c1-21-14(6-13(20-21)10-2-4-11(18)5-3-10)16(25)22-8-12(9-22)23-15(24)7-19-17(23)26/h2-6,12H,7-9H2,1H3,(H,19,26). The highest BCUT2D eigenvalue weighted by atomic mass is 19.1. The number of carbonyl (C=O) groups is 3. The van der Waals surface area contributed by atoms with Gasteiger partial charge in [0.15, 0.2) is 0 Å². The monoisotopic (exact) mass is 357 g/mol. The fourth-order valence-electron chi connectivity index (χ4n) is 3.18. The highest BCUT2D eigenvalue weighted by Gasteiger charge is 2.43. The second-order valence-corrected chi connectivity index (χ2v) is 6.33. The fraction of sp³-hybridized carbons (Fsp3) is 0.294. The number of aryl methyl sites for hydroxylation is 1. The highest BCUT2D eigenvalue weighted by Crippen LogP contribution is 2.23. The first kappa shape index (κ1) is 16.2. The molecule has 2 aliphatic rings. The van der Waals surface area contributed by atoms with Crippen LogP contribution in [0.3, 0.4) is 0 Å². The number of aromatic nitrogens is 2. The molecule has 0 unspecified atom stereocenters. The molecule has 2 fully saturated rings. The molecule has 2 saturated heterocycles. The van der Waals surface area contributed by atoms with Gasteiger partial charge in [0.25, 0.3) is 5.91 Å². The first-order valence-corrected chi connectivity index (χ1v) is 8.13. The summed E-state index contributed by atoms with van der Waals surface area (Å²) in [4.78, 5) is 38.8. The van der Waals surface area contributed by atoms with Crippen LogP contribution in [0.25, 0.3) is 11.3 Å². The molecule has 8 nitrogen and oxygen atoms in total. The third-order valence-electron chi connectivity index (χ3n) is 4.63. The summed E-state index contributed by atoms with van der Waals surface area (Å²) in [5.74, 6) is -0.837. The third kappa shape index (κ3) is 2.61. The molecule has 1 N–H and O–H groups in total. The maximum absolute atomic E-state index is 13.1. The Bertz CT molecular complexity index is 886. The fourth-order valence-corrected chi connectivity index (χ4v) is 3.18. The number of hydrogen-bond donors (Lipinski definition) is 1. The SMILES string of the molecule is Cn1nc(-c2ccc(F)cc2)cc1C(=O)N1CC(N2C(=O)CNC2=O)C1. The summed E-state index contributed by atoms with van der Waals surface area (Å²) in [7, 11) is 1.66. The lowest BCUT2D eigenvalue weighted by Gasteiger charge is -2.42. The molecule has 9 heteroatoms. The predicted octanol–water partition coefficient (Wildman–Crippen LogP) is 0.602. The van der Waals surface area contributed by atoms with Gasteiger partial charge in [0.1, 0.15) is 11.5 Å². The summed E-state index contributed by atoms with van der Waals surface area (Å²) in [5, 5.41) is 6.78. The summed E-state index contributed by atoms with van der Waals surface area (Å²) in [6.07, 6.45) is 0. The number of imide groups is 1. The quantitative estimate of drug-likeness (QED) is 0.815. The number of benzene rings is 1. The number of nitrogens with zero attached hydrogens (tertiary/aromatic N) is 4. The molecule has 3 heterocycles. The second-order valence-electron chi connectivity index (χ2n) is 6.33. The normalized spacial score (nSPS) is 17.5. The minimum absolute atomic E-state index is 0.00599. The van der Waals surface area contributed by atoms with Crippen LogP contribution in [0.5, 0.6) is 0 Å². The number of carbonyl (C=O) groups excluding carboxylic acids is 3. The molecule has 4 rings (SSSR count). The van der Waals surface area contributed by atoms with Crippen molar-refractivity contribution in [3.8, 4) is 11.3 Å². The van der Waals surface area contributed by atoms with Crippen molar-refractivity contribution in [2.75, 3.05) is 19.6 Å². The lowest BCUT2D eigenvalue weighted by molar-refractivity contribution is -0.128. The number of nitrogens with one attached hydrogen (secondary N) is 1. The lowest BCUT2D eigenvalue weighted by Crippen LogP contribution is -2.62. The Morgan fingerprint density at radius 3 is 2.54 bits per heavy atom. The largest absolute Gasteiger partial charge is 0.333 e. The van der Waals surface area contributed by atoms with E-state index in [2.05, 4.69) is 10.4 Å². The van der Waals surface area contributed by atoms with E-state index in [1.54, 1.807) is 30.1 Å². The molecule has 0 bridgehead atoms. The molecule has 134 valence electrons. The van der Waals surface area contributed by atoms with E-state index in [-0.39, 0.29) is 30.2 Å². The van der Waals surface area contributed by atoms with Gasteiger partial charge in [-0.25, -0.2) is 9.18 Å². The van der Waals surface area contributed by atoms with Gasteiger partial charge in [-0.15, -0.1) is 0 Å². The van der Waals surface area contributed by atoms with Gasteiger partial charge < -0.3 is 10.2 Å². The van der Waals surface area contributed by atoms with Gasteiger partial charge in [-0.2, -0.15) is 5.10 Å². The van der Waals surface area contributed by atoms with E-state index in [1.807, 2.05) is 0 Å². The smallest absolute Gasteiger partial charge is 0.324 e. The Labute approximate surface area is 148 Å². The summed E-state index contributed by atoms with van der Waals surface area (Å²) in [5.41, 5.74) is 1.67. The Kier molecular flexibility index (Phi) is 3.71. The highest BCUT2D eigenvalue weighted by molar-refractivity contribution is 6.03. The van der Waals surface area contributed by atoms with Crippen LogP contribution in [0.2, 0.25) is 0 Å². The van der Waals surface area contributed by atoms with Crippen LogP contribution >= 0.6 is 0 Å². The summed E-state index contributed by atoms with van der Waals surface area (Å²) in [6, 6.07) is 6.82. The number of rotatable bonds is 3. The van der Waals surface area contributed by atoms with Crippen LogP contribution in [0.15, 0.2) is 30.3 Å². The number of amides is 4. The molecule has 1 aromatic carbocycles. The molecular weight excluding hydrogens is 341 g/mol. The first-order valence-electron chi connectivity index (χ1n) is 8.13. The van der Waals surface area contributed by atoms with E-state index in [9.17, 15) is 18.8 Å². The van der Waals surface area contributed by atoms with Gasteiger partial charge in [0.2, 0.25) is 5.91 Å². The van der Waals surface area contributed by atoms with Crippen molar-refractivity contribution in [3.63, 3.8) is 0 Å². The first-order chi connectivity index (χ1) is 12.4. The molecule has 2 aromatic rings. The van der Waals surface area contributed by atoms with Gasteiger partial charge in [-0.3, -0.25) is 19.2 Å². The van der Waals surface area contributed by atoms with Crippen molar-refractivity contribution in [1.82, 2.24) is 24.9 Å². The summed E-state index contributed by atoms with van der Waals surface area (Å²) in [6.45, 7) is 0.607. The zero-order chi connectivity index (χ0) is 18.4. The minimum Gasteiger partial charge on any atom is -0.333 e. The van der Waals surface area contributed by atoms with Crippen molar-refractivity contribution in [3.05, 3.63) is 41.8 Å². The van der Waals surface area contributed by atoms with Crippen molar-refractivity contribution >= 4 is 17.8 Å². The number of likely N-dealkylation sites (tertiary alicyclic amines) is 1. The van der Waals surface area contributed by atoms with E-state index < -0.39 is 6.03 Å². The van der Waals surface area contributed by atoms with E-state index >= 15 is 0 Å². The van der Waals surface area contributed by atoms with Crippen LogP contribution in [-0.2, 0) is 11.8 Å². The van der Waals surface area contributed by atoms with Crippen LogP contribution in [0, 0.1) is 5.82 Å². The zero-order valence-corrected chi connectivity index (χ0v) is 14.0. The predicted molar refractivity (Wildman–Crippen MR) is 88.5 cm³/mol. The number of halogens is 1. The molecule has 0 saturated carbocycles. The zero-order valence-electron chi connectivity index (χ0n) is 14.0. The van der Waals surface area contributed by atoms with E-state index in [1.165, 1.54) is 21.7 Å². The molecule has 0 aliphatic carbocycles. The van der Waals surface area contributed by atoms with E-state index in [4.69, 9.17) is 0 Å². The van der Waals surface area contributed by atoms with Crippen molar-refractivity contribution in [1.29, 1.82) is 0 Å². The maximum Gasteiger partial charge on any atom is 0.324 e. The van der Waals surface area contributed by atoms with Crippen molar-refractivity contribution < 1.29 is 18.8 Å². The third-order valence-corrected chi connectivity index (χ3v) is 4.63. The topological polar surface area (TPSA) is 87.5 Å². The molecule has 0 radical (unpaired) electrons. The average molecular weight is 357 g/mol.